The summed E-state index contributed by atoms with van der Waals surface area (Å²) >= 11 is 0. The van der Waals surface area contributed by atoms with Crippen LogP contribution in [0.4, 0.5) is 0 Å². The molecule has 3 rings (SSSR count). The second-order valence-electron chi connectivity index (χ2n) is 5.63. The van der Waals surface area contributed by atoms with Crippen LogP contribution in [0.25, 0.3) is 10.8 Å². The molecule has 0 saturated carbocycles. The number of rotatable bonds is 4. The molecule has 0 aliphatic carbocycles. The molecule has 0 N–H and O–H groups in total. The van der Waals surface area contributed by atoms with E-state index in [0.29, 0.717) is 0 Å². The first-order valence-corrected chi connectivity index (χ1v) is 9.26. The molecule has 0 atom stereocenters. The van der Waals surface area contributed by atoms with E-state index < -0.39 is 10.1 Å². The molecule has 1 heterocycles. The molecule has 0 spiro atoms. The molecule has 0 aliphatic heterocycles. The Balaban J connectivity index is 0.000000185. The molecule has 1 aromatic heterocycles. The van der Waals surface area contributed by atoms with Crippen molar-refractivity contribution in [1.29, 1.82) is 0 Å². The predicted molar refractivity (Wildman–Crippen MR) is 92.4 cm³/mol. The fraction of sp³-hybridized carbons (Fsp3) is 0.278. The van der Waals surface area contributed by atoms with Gasteiger partial charge in [-0.1, -0.05) is 43.7 Å². The van der Waals surface area contributed by atoms with Crippen LogP contribution in [0, 0.1) is 0 Å². The highest BCUT2D eigenvalue weighted by Crippen LogP contribution is 2.18. The highest BCUT2D eigenvalue weighted by atomic mass is 32.2. The van der Waals surface area contributed by atoms with Gasteiger partial charge in [-0.25, -0.2) is 17.6 Å². The van der Waals surface area contributed by atoms with Gasteiger partial charge in [0, 0.05) is 0 Å². The third-order valence-electron chi connectivity index (χ3n) is 3.60. The standard InChI is InChI=1S/C10H8O3S.C8H15N2/c11-14(12,13)10-6-5-8-3-1-2-4-9(8)7-10;1-3-4-5-10-7-6-9(2)8-10/h1-7H,(H,11,12,13);6-8H,3-5H2,1-2H3/q;+1/p-1. The van der Waals surface area contributed by atoms with E-state index in [1.165, 1.54) is 25.0 Å². The van der Waals surface area contributed by atoms with Gasteiger partial charge < -0.3 is 4.55 Å². The SMILES string of the molecule is CCCCn1cc[n+](C)c1.O=S(=O)([O-])c1ccc2ccccc2c1. The van der Waals surface area contributed by atoms with E-state index in [9.17, 15) is 13.0 Å². The summed E-state index contributed by atoms with van der Waals surface area (Å²) in [7, 11) is -2.30. The van der Waals surface area contributed by atoms with Crippen molar-refractivity contribution in [2.75, 3.05) is 0 Å². The Bertz CT molecular complexity index is 901. The second-order valence-corrected chi connectivity index (χ2v) is 7.01. The third kappa shape index (κ3) is 5.18. The van der Waals surface area contributed by atoms with E-state index in [4.69, 9.17) is 0 Å². The average molecular weight is 346 g/mol. The molecule has 0 bridgehead atoms. The molecule has 128 valence electrons. The van der Waals surface area contributed by atoms with E-state index in [2.05, 4.69) is 34.8 Å². The van der Waals surface area contributed by atoms with Crippen molar-refractivity contribution in [3.63, 3.8) is 0 Å². The highest BCUT2D eigenvalue weighted by molar-refractivity contribution is 7.85. The Morgan fingerprint density at radius 1 is 1.12 bits per heavy atom. The van der Waals surface area contributed by atoms with Gasteiger partial charge in [0.05, 0.1) is 18.5 Å². The van der Waals surface area contributed by atoms with Crippen LogP contribution in [0.1, 0.15) is 19.8 Å². The number of aromatic nitrogens is 2. The van der Waals surface area contributed by atoms with Gasteiger partial charge in [-0.05, 0) is 29.3 Å². The largest absolute Gasteiger partial charge is 0.744 e. The zero-order chi connectivity index (χ0) is 17.6. The Labute approximate surface area is 142 Å². The monoisotopic (exact) mass is 346 g/mol. The van der Waals surface area contributed by atoms with E-state index >= 15 is 0 Å². The quantitative estimate of drug-likeness (QED) is 0.539. The van der Waals surface area contributed by atoms with Crippen LogP contribution in [0.5, 0.6) is 0 Å². The minimum atomic E-state index is -4.34. The number of hydrogen-bond donors (Lipinski definition) is 0. The second kappa shape index (κ2) is 8.08. The molecule has 3 aromatic rings. The predicted octanol–water partition coefficient (Wildman–Crippen LogP) is 2.86. The van der Waals surface area contributed by atoms with Gasteiger partial charge in [0.25, 0.3) is 0 Å². The van der Waals surface area contributed by atoms with Crippen LogP contribution in [-0.4, -0.2) is 17.5 Å². The lowest BCUT2D eigenvalue weighted by Gasteiger charge is -2.07. The van der Waals surface area contributed by atoms with Crippen molar-refractivity contribution < 1.29 is 17.5 Å². The maximum atomic E-state index is 10.7. The lowest BCUT2D eigenvalue weighted by Crippen LogP contribution is -2.23. The Hall–Kier alpha value is -2.18. The summed E-state index contributed by atoms with van der Waals surface area (Å²) in [6.45, 7) is 3.36. The number of nitrogens with zero attached hydrogens (tertiary/aromatic N) is 2. The topological polar surface area (TPSA) is 66.0 Å². The molecule has 0 amide bonds. The smallest absolute Gasteiger partial charge is 0.243 e. The van der Waals surface area contributed by atoms with E-state index in [-0.39, 0.29) is 4.90 Å². The summed E-state index contributed by atoms with van der Waals surface area (Å²) in [5.74, 6) is 0. The van der Waals surface area contributed by atoms with Gasteiger partial charge in [0.1, 0.15) is 22.5 Å². The molecule has 0 fully saturated rings. The fourth-order valence-electron chi connectivity index (χ4n) is 2.30. The molecule has 0 unspecified atom stereocenters. The first-order chi connectivity index (χ1) is 11.4. The molecular weight excluding hydrogens is 324 g/mol. The molecule has 0 radical (unpaired) electrons. The van der Waals surface area contributed by atoms with Gasteiger partial charge in [0.2, 0.25) is 6.33 Å². The van der Waals surface area contributed by atoms with Crippen LogP contribution in [0.2, 0.25) is 0 Å². The minimum absolute atomic E-state index is 0.184. The van der Waals surface area contributed by atoms with Crippen LogP contribution < -0.4 is 4.57 Å². The van der Waals surface area contributed by atoms with Crippen molar-refractivity contribution in [2.45, 2.75) is 31.2 Å². The number of unbranched alkanes of at least 4 members (excludes halogenated alkanes) is 1. The average Bonchev–Trinajstić information content (AvgIpc) is 2.97. The van der Waals surface area contributed by atoms with Gasteiger partial charge in [-0.15, -0.1) is 0 Å². The summed E-state index contributed by atoms with van der Waals surface area (Å²) in [6, 6.07) is 11.6. The zero-order valence-corrected chi connectivity index (χ0v) is 14.7. The lowest BCUT2D eigenvalue weighted by atomic mass is 10.1. The summed E-state index contributed by atoms with van der Waals surface area (Å²) in [4.78, 5) is -0.184. The maximum absolute atomic E-state index is 10.7. The zero-order valence-electron chi connectivity index (χ0n) is 13.9. The number of imidazole rings is 1. The first kappa shape index (κ1) is 18.2. The number of aryl methyl sites for hydroxylation is 2. The maximum Gasteiger partial charge on any atom is 0.243 e. The molecule has 0 aliphatic rings. The van der Waals surface area contributed by atoms with Crippen LogP contribution in [-0.2, 0) is 23.7 Å². The Morgan fingerprint density at radius 3 is 2.42 bits per heavy atom. The first-order valence-electron chi connectivity index (χ1n) is 7.86. The van der Waals surface area contributed by atoms with Crippen LogP contribution in [0.3, 0.4) is 0 Å². The number of hydrogen-bond acceptors (Lipinski definition) is 3. The van der Waals surface area contributed by atoms with Gasteiger partial charge in [0.15, 0.2) is 0 Å². The third-order valence-corrected chi connectivity index (χ3v) is 4.43. The molecule has 24 heavy (non-hydrogen) atoms. The van der Waals surface area contributed by atoms with Crippen molar-refractivity contribution in [3.05, 3.63) is 61.2 Å². The molecular formula is C18H22N2O3S. The Morgan fingerprint density at radius 2 is 1.83 bits per heavy atom. The Kier molecular flexibility index (Phi) is 6.11. The number of benzene rings is 2. The summed E-state index contributed by atoms with van der Waals surface area (Å²) in [5, 5.41) is 1.67. The number of fused-ring (bicyclic) bond motifs is 1. The van der Waals surface area contributed by atoms with Gasteiger partial charge in [-0.2, -0.15) is 0 Å². The van der Waals surface area contributed by atoms with E-state index in [1.54, 1.807) is 18.2 Å². The van der Waals surface area contributed by atoms with Gasteiger partial charge >= 0.3 is 0 Å². The lowest BCUT2D eigenvalue weighted by molar-refractivity contribution is -0.671. The fourth-order valence-corrected chi connectivity index (χ4v) is 2.80. The minimum Gasteiger partial charge on any atom is -0.744 e. The highest BCUT2D eigenvalue weighted by Gasteiger charge is 2.01. The van der Waals surface area contributed by atoms with Gasteiger partial charge in [-0.3, -0.25) is 0 Å². The van der Waals surface area contributed by atoms with E-state index in [0.717, 1.165) is 17.3 Å². The van der Waals surface area contributed by atoms with Crippen LogP contribution >= 0.6 is 0 Å². The summed E-state index contributed by atoms with van der Waals surface area (Å²) in [5.41, 5.74) is 0. The molecule has 0 saturated heterocycles. The normalized spacial score (nSPS) is 11.1. The molecule has 6 heteroatoms. The molecule has 2 aromatic carbocycles. The van der Waals surface area contributed by atoms with E-state index in [1.807, 2.05) is 19.2 Å². The summed E-state index contributed by atoms with van der Waals surface area (Å²) < 4.78 is 36.4. The van der Waals surface area contributed by atoms with Crippen molar-refractivity contribution in [3.8, 4) is 0 Å². The van der Waals surface area contributed by atoms with Crippen molar-refractivity contribution >= 4 is 20.9 Å². The van der Waals surface area contributed by atoms with Crippen LogP contribution in [0.15, 0.2) is 66.1 Å². The summed E-state index contributed by atoms with van der Waals surface area (Å²) in [6.07, 6.45) is 8.82. The van der Waals surface area contributed by atoms with Crippen molar-refractivity contribution in [2.24, 2.45) is 7.05 Å². The molecule has 5 nitrogen and oxygen atoms in total. The van der Waals surface area contributed by atoms with Crippen molar-refractivity contribution in [1.82, 2.24) is 4.57 Å².